The number of carbonyl (C=O) groups excluding carboxylic acids is 3. The van der Waals surface area contributed by atoms with Gasteiger partial charge in [0.25, 0.3) is 0 Å². The number of unbranched alkanes of at least 4 members (excludes halogenated alkanes) is 45. The Morgan fingerprint density at radius 3 is 0.859 bits per heavy atom. The van der Waals surface area contributed by atoms with Crippen molar-refractivity contribution in [1.29, 1.82) is 0 Å². The number of allylic oxidation sites excluding steroid dienone is 18. The van der Waals surface area contributed by atoms with Crippen molar-refractivity contribution in [2.24, 2.45) is 0 Å². The molecule has 0 fully saturated rings. The standard InChI is InChI=1S/C90H159NO8/c1-6-8-10-12-14-16-18-20-22-24-26-28-30-32-34-36-38-40-42-43-44-45-47-49-51-53-55-57-59-61-63-65-67-69-71-73-75-77-79-81-88(93)99-86(85-98-90(89(94)95)96-83-82-91(3,4)5)84-97-87(92)80-78-76-74-72-70-68-66-64-62-60-58-56-54-52-50-48-46-41-39-37-35-33-31-29-27-25-23-21-19-17-15-13-11-9-7-2/h8,10,14,16,19-22,25-28,32,34,38,40,43-44,86,90H,6-7,9,11-13,15,17-18,23-24,29-31,33,35-37,39,41-42,45-85H2,1-5H3/b10-8-,16-14-,21-19-,22-20-,27-25-,28-26-,34-32-,40-38-,44-43-. The van der Waals surface area contributed by atoms with Crippen LogP contribution in [0.2, 0.25) is 0 Å². The highest BCUT2D eigenvalue weighted by Crippen LogP contribution is 2.19. The molecule has 2 unspecified atom stereocenters. The van der Waals surface area contributed by atoms with Crippen LogP contribution in [0.3, 0.4) is 0 Å². The summed E-state index contributed by atoms with van der Waals surface area (Å²) >= 11 is 0. The van der Waals surface area contributed by atoms with Gasteiger partial charge in [-0.3, -0.25) is 9.59 Å². The second-order valence-corrected chi connectivity index (χ2v) is 29.4. The molecule has 0 bridgehead atoms. The highest BCUT2D eigenvalue weighted by atomic mass is 16.7. The van der Waals surface area contributed by atoms with Crippen LogP contribution in [0.25, 0.3) is 0 Å². The molecule has 0 spiro atoms. The number of carboxylic acid groups (broad SMARTS) is 1. The quantitative estimate of drug-likeness (QED) is 0.0195. The van der Waals surface area contributed by atoms with Crippen molar-refractivity contribution in [2.75, 3.05) is 47.5 Å². The highest BCUT2D eigenvalue weighted by Gasteiger charge is 2.22. The number of rotatable bonds is 78. The highest BCUT2D eigenvalue weighted by molar-refractivity contribution is 5.70. The number of aliphatic carboxylic acids is 1. The van der Waals surface area contributed by atoms with Crippen molar-refractivity contribution >= 4 is 17.9 Å². The van der Waals surface area contributed by atoms with E-state index in [4.69, 9.17) is 18.9 Å². The van der Waals surface area contributed by atoms with E-state index in [0.717, 1.165) is 83.5 Å². The summed E-state index contributed by atoms with van der Waals surface area (Å²) in [6.45, 7) is 4.67. The number of likely N-dealkylation sites (N-methyl/N-ethyl adjacent to an activating group) is 1. The molecule has 0 radical (unpaired) electrons. The van der Waals surface area contributed by atoms with Crippen LogP contribution in [0.4, 0.5) is 0 Å². The SMILES string of the molecule is CC/C=C\C/C=C\C/C=C\C/C=C\C/C=C\C/C=C\C/C=C\CCCCCCCCCCCCCCCCCCCC(=O)OC(COC(=O)CCCCCCCCCCCCCCCCCCCCCCCCC/C=C\C/C=C\CCCCCCC)COC(OCC[N+](C)(C)C)C(=O)[O-]. The summed E-state index contributed by atoms with van der Waals surface area (Å²) in [6.07, 6.45) is 109. The number of carboxylic acids is 1. The summed E-state index contributed by atoms with van der Waals surface area (Å²) < 4.78 is 22.9. The number of hydrogen-bond donors (Lipinski definition) is 0. The zero-order chi connectivity index (χ0) is 71.8. The minimum atomic E-state index is -1.62. The second-order valence-electron chi connectivity index (χ2n) is 29.4. The molecule has 0 aliphatic rings. The molecular formula is C90H159NO8. The largest absolute Gasteiger partial charge is 0.545 e. The zero-order valence-corrected chi connectivity index (χ0v) is 65.6. The third kappa shape index (κ3) is 81.1. The molecule has 0 heterocycles. The van der Waals surface area contributed by atoms with E-state index in [1.165, 1.54) is 270 Å². The van der Waals surface area contributed by atoms with Gasteiger partial charge in [-0.05, 0) is 103 Å². The predicted molar refractivity (Wildman–Crippen MR) is 426 cm³/mol. The van der Waals surface area contributed by atoms with Crippen LogP contribution in [0.1, 0.15) is 386 Å². The van der Waals surface area contributed by atoms with Crippen LogP contribution in [-0.4, -0.2) is 82.3 Å². The van der Waals surface area contributed by atoms with Crippen molar-refractivity contribution in [3.05, 3.63) is 109 Å². The molecule has 0 saturated carbocycles. The monoisotopic (exact) mass is 1380 g/mol. The molecule has 0 aliphatic carbocycles. The fraction of sp³-hybridized carbons (Fsp3) is 0.767. The summed E-state index contributed by atoms with van der Waals surface area (Å²) in [5, 5.41) is 11.9. The summed E-state index contributed by atoms with van der Waals surface area (Å²) in [5.41, 5.74) is 0. The van der Waals surface area contributed by atoms with Crippen LogP contribution in [0, 0.1) is 0 Å². The Morgan fingerprint density at radius 1 is 0.313 bits per heavy atom. The van der Waals surface area contributed by atoms with Crippen LogP contribution in [0.15, 0.2) is 109 Å². The van der Waals surface area contributed by atoms with Crippen molar-refractivity contribution in [3.8, 4) is 0 Å². The molecule has 0 aromatic heterocycles. The van der Waals surface area contributed by atoms with E-state index in [9.17, 15) is 19.5 Å². The first kappa shape index (κ1) is 94.9. The Labute approximate surface area is 613 Å². The number of carbonyl (C=O) groups is 3. The lowest BCUT2D eigenvalue weighted by Gasteiger charge is -2.26. The van der Waals surface area contributed by atoms with Gasteiger partial charge < -0.3 is 33.3 Å². The summed E-state index contributed by atoms with van der Waals surface area (Å²) in [5.74, 6) is -2.26. The van der Waals surface area contributed by atoms with E-state index in [1.807, 2.05) is 21.1 Å². The molecule has 0 aromatic rings. The molecular weight excluding hydrogens is 1220 g/mol. The summed E-state index contributed by atoms with van der Waals surface area (Å²) in [6, 6.07) is 0. The number of hydrogen-bond acceptors (Lipinski definition) is 8. The van der Waals surface area contributed by atoms with Gasteiger partial charge in [0.1, 0.15) is 13.2 Å². The zero-order valence-electron chi connectivity index (χ0n) is 65.6. The van der Waals surface area contributed by atoms with E-state index < -0.39 is 24.3 Å². The maximum atomic E-state index is 13.0. The summed E-state index contributed by atoms with van der Waals surface area (Å²) in [4.78, 5) is 37.7. The lowest BCUT2D eigenvalue weighted by molar-refractivity contribution is -0.870. The number of ether oxygens (including phenoxy) is 4. The maximum absolute atomic E-state index is 13.0. The molecule has 0 rings (SSSR count). The topological polar surface area (TPSA) is 111 Å². The lowest BCUT2D eigenvalue weighted by Crippen LogP contribution is -2.44. The van der Waals surface area contributed by atoms with Crippen molar-refractivity contribution in [3.63, 3.8) is 0 Å². The molecule has 99 heavy (non-hydrogen) atoms. The molecule has 2 atom stereocenters. The minimum Gasteiger partial charge on any atom is -0.545 e. The molecule has 572 valence electrons. The van der Waals surface area contributed by atoms with Crippen LogP contribution >= 0.6 is 0 Å². The van der Waals surface area contributed by atoms with Gasteiger partial charge in [-0.15, -0.1) is 0 Å². The van der Waals surface area contributed by atoms with E-state index in [0.29, 0.717) is 23.9 Å². The Balaban J connectivity index is 3.98. The van der Waals surface area contributed by atoms with Gasteiger partial charge in [0.05, 0.1) is 40.3 Å². The van der Waals surface area contributed by atoms with Gasteiger partial charge in [0.2, 0.25) is 0 Å². The molecule has 9 heteroatoms. The minimum absolute atomic E-state index is 0.147. The normalized spacial score (nSPS) is 13.2. The molecule has 0 N–H and O–H groups in total. The molecule has 0 aliphatic heterocycles. The average Bonchev–Trinajstić information content (AvgIpc) is 1.14. The molecule has 0 amide bonds. The van der Waals surface area contributed by atoms with Crippen LogP contribution in [0.5, 0.6) is 0 Å². The fourth-order valence-electron chi connectivity index (χ4n) is 12.1. The average molecular weight is 1380 g/mol. The molecule has 0 aromatic carbocycles. The van der Waals surface area contributed by atoms with Crippen molar-refractivity contribution in [2.45, 2.75) is 399 Å². The first-order chi connectivity index (χ1) is 48.6. The number of quaternary nitrogens is 1. The van der Waals surface area contributed by atoms with Crippen molar-refractivity contribution in [1.82, 2.24) is 0 Å². The second kappa shape index (κ2) is 79.6. The Hall–Kier alpha value is -4.05. The van der Waals surface area contributed by atoms with Gasteiger partial charge in [-0.25, -0.2) is 0 Å². The van der Waals surface area contributed by atoms with Gasteiger partial charge in [-0.1, -0.05) is 380 Å². The smallest absolute Gasteiger partial charge is 0.306 e. The Morgan fingerprint density at radius 2 is 0.576 bits per heavy atom. The van der Waals surface area contributed by atoms with Gasteiger partial charge in [0, 0.05) is 12.8 Å². The molecule has 0 saturated heterocycles. The van der Waals surface area contributed by atoms with E-state index >= 15 is 0 Å². The number of nitrogens with zero attached hydrogens (tertiary/aromatic N) is 1. The first-order valence-electron chi connectivity index (χ1n) is 42.0. The van der Waals surface area contributed by atoms with Gasteiger partial charge in [0.15, 0.2) is 12.4 Å². The maximum Gasteiger partial charge on any atom is 0.306 e. The van der Waals surface area contributed by atoms with E-state index in [1.54, 1.807) is 0 Å². The van der Waals surface area contributed by atoms with E-state index in [2.05, 4.69) is 123 Å². The van der Waals surface area contributed by atoms with Crippen LogP contribution < -0.4 is 5.11 Å². The first-order valence-corrected chi connectivity index (χ1v) is 42.0. The van der Waals surface area contributed by atoms with Crippen LogP contribution in [-0.2, 0) is 33.3 Å². The van der Waals surface area contributed by atoms with Gasteiger partial charge in [-0.2, -0.15) is 0 Å². The third-order valence-corrected chi connectivity index (χ3v) is 18.5. The molecule has 9 nitrogen and oxygen atoms in total. The third-order valence-electron chi connectivity index (χ3n) is 18.5. The summed E-state index contributed by atoms with van der Waals surface area (Å²) in [7, 11) is 5.95. The van der Waals surface area contributed by atoms with E-state index in [-0.39, 0.29) is 32.2 Å². The Bertz CT molecular complexity index is 2000. The van der Waals surface area contributed by atoms with Gasteiger partial charge >= 0.3 is 11.9 Å². The number of esters is 2. The Kier molecular flexibility index (Phi) is 76.4. The fourth-order valence-corrected chi connectivity index (χ4v) is 12.1. The van der Waals surface area contributed by atoms with Crippen molar-refractivity contribution < 1.29 is 42.9 Å². The predicted octanol–water partition coefficient (Wildman–Crippen LogP) is 25.9. The lowest BCUT2D eigenvalue weighted by atomic mass is 10.0.